The van der Waals surface area contributed by atoms with Crippen molar-refractivity contribution < 1.29 is 14.3 Å². The molecule has 4 heteroatoms. The van der Waals surface area contributed by atoms with E-state index in [-0.39, 0.29) is 11.9 Å². The van der Waals surface area contributed by atoms with Gasteiger partial charge in [0.1, 0.15) is 11.4 Å². The molecule has 0 saturated heterocycles. The van der Waals surface area contributed by atoms with Gasteiger partial charge in [0.15, 0.2) is 0 Å². The third-order valence-electron chi connectivity index (χ3n) is 2.27. The number of nitrogens with zero attached hydrogens (tertiary/aromatic N) is 1. The van der Waals surface area contributed by atoms with Gasteiger partial charge in [0.05, 0.1) is 0 Å². The summed E-state index contributed by atoms with van der Waals surface area (Å²) in [6.45, 7) is 6.13. The van der Waals surface area contributed by atoms with E-state index in [1.54, 1.807) is 11.9 Å². The summed E-state index contributed by atoms with van der Waals surface area (Å²) in [5, 5.41) is 0. The normalized spacial score (nSPS) is 17.2. The van der Waals surface area contributed by atoms with Gasteiger partial charge in [-0.15, -0.1) is 0 Å². The first-order valence-electron chi connectivity index (χ1n) is 5.24. The number of ether oxygens (including phenoxy) is 1. The van der Waals surface area contributed by atoms with E-state index in [1.807, 2.05) is 20.8 Å². The van der Waals surface area contributed by atoms with Crippen molar-refractivity contribution in [3.05, 3.63) is 0 Å². The van der Waals surface area contributed by atoms with Crippen molar-refractivity contribution in [2.75, 3.05) is 13.6 Å². The topological polar surface area (TPSA) is 46.6 Å². The lowest BCUT2D eigenvalue weighted by atomic mass is 9.84. The van der Waals surface area contributed by atoms with Crippen molar-refractivity contribution in [3.63, 3.8) is 0 Å². The van der Waals surface area contributed by atoms with Gasteiger partial charge in [-0.25, -0.2) is 4.79 Å². The van der Waals surface area contributed by atoms with Crippen LogP contribution in [0.4, 0.5) is 4.79 Å². The van der Waals surface area contributed by atoms with Gasteiger partial charge in [-0.1, -0.05) is 0 Å². The summed E-state index contributed by atoms with van der Waals surface area (Å²) in [4.78, 5) is 23.8. The van der Waals surface area contributed by atoms with E-state index in [2.05, 4.69) is 0 Å². The molecule has 1 amide bonds. The highest BCUT2D eigenvalue weighted by molar-refractivity contribution is 5.84. The fourth-order valence-corrected chi connectivity index (χ4v) is 1.51. The Morgan fingerprint density at radius 3 is 2.40 bits per heavy atom. The van der Waals surface area contributed by atoms with Gasteiger partial charge >= 0.3 is 6.09 Å². The zero-order valence-corrected chi connectivity index (χ0v) is 9.87. The summed E-state index contributed by atoms with van der Waals surface area (Å²) in [6.07, 6.45) is 0.891. The maximum Gasteiger partial charge on any atom is 0.410 e. The lowest BCUT2D eigenvalue weighted by Crippen LogP contribution is -2.40. The quantitative estimate of drug-likeness (QED) is 0.703. The van der Waals surface area contributed by atoms with Gasteiger partial charge in [-0.2, -0.15) is 0 Å². The Kier molecular flexibility index (Phi) is 3.37. The van der Waals surface area contributed by atoms with Gasteiger partial charge < -0.3 is 9.64 Å². The van der Waals surface area contributed by atoms with E-state index in [9.17, 15) is 9.59 Å². The van der Waals surface area contributed by atoms with E-state index in [4.69, 9.17) is 4.74 Å². The Morgan fingerprint density at radius 1 is 1.47 bits per heavy atom. The molecule has 0 unspecified atom stereocenters. The molecule has 1 aliphatic carbocycles. The summed E-state index contributed by atoms with van der Waals surface area (Å²) >= 11 is 0. The van der Waals surface area contributed by atoms with Gasteiger partial charge in [-0.3, -0.25) is 4.79 Å². The van der Waals surface area contributed by atoms with E-state index in [1.165, 1.54) is 0 Å². The highest BCUT2D eigenvalue weighted by Crippen LogP contribution is 2.23. The molecule has 1 aliphatic rings. The third kappa shape index (κ3) is 3.90. The van der Waals surface area contributed by atoms with Gasteiger partial charge in [0.2, 0.25) is 0 Å². The van der Waals surface area contributed by atoms with Crippen LogP contribution in [0.25, 0.3) is 0 Å². The summed E-state index contributed by atoms with van der Waals surface area (Å²) in [5.41, 5.74) is -0.458. The molecule has 1 rings (SSSR count). The zero-order chi connectivity index (χ0) is 11.6. The van der Waals surface area contributed by atoms with E-state index in [0.717, 1.165) is 0 Å². The zero-order valence-electron chi connectivity index (χ0n) is 9.87. The highest BCUT2D eigenvalue weighted by Gasteiger charge is 2.29. The molecular weight excluding hydrogens is 194 g/mol. The van der Waals surface area contributed by atoms with Crippen LogP contribution >= 0.6 is 0 Å². The molecule has 86 valence electrons. The third-order valence-corrected chi connectivity index (χ3v) is 2.27. The average Bonchev–Trinajstić information content (AvgIpc) is 1.98. The first kappa shape index (κ1) is 12.0. The Bertz CT molecular complexity index is 259. The van der Waals surface area contributed by atoms with Crippen molar-refractivity contribution in [3.8, 4) is 0 Å². The largest absolute Gasteiger partial charge is 0.444 e. The van der Waals surface area contributed by atoms with Crippen LogP contribution in [0, 0.1) is 5.92 Å². The smallest absolute Gasteiger partial charge is 0.410 e. The van der Waals surface area contributed by atoms with Crippen LogP contribution in [-0.4, -0.2) is 36.0 Å². The fraction of sp³-hybridized carbons (Fsp3) is 0.818. The molecule has 0 radical (unpaired) electrons. The molecule has 0 aromatic rings. The minimum absolute atomic E-state index is 0.289. The number of ketones is 1. The SMILES string of the molecule is CN(CC1CC(=O)C1)C(=O)OC(C)(C)C. The predicted octanol–water partition coefficient (Wildman–Crippen LogP) is 1.83. The molecule has 0 aromatic carbocycles. The summed E-state index contributed by atoms with van der Waals surface area (Å²) < 4.78 is 5.20. The monoisotopic (exact) mass is 213 g/mol. The van der Waals surface area contributed by atoms with Crippen LogP contribution in [0.2, 0.25) is 0 Å². The first-order chi connectivity index (χ1) is 6.78. The number of carbonyl (C=O) groups is 2. The Hall–Kier alpha value is -1.06. The first-order valence-corrected chi connectivity index (χ1v) is 5.24. The molecule has 0 aliphatic heterocycles. The lowest BCUT2D eigenvalue weighted by Gasteiger charge is -2.30. The number of hydrogen-bond donors (Lipinski definition) is 0. The van der Waals surface area contributed by atoms with Crippen LogP contribution < -0.4 is 0 Å². The Morgan fingerprint density at radius 2 is 2.00 bits per heavy atom. The molecule has 0 spiro atoms. The molecule has 0 aromatic heterocycles. The van der Waals surface area contributed by atoms with Gasteiger partial charge in [0, 0.05) is 26.4 Å². The Balaban J connectivity index is 2.30. The summed E-state index contributed by atoms with van der Waals surface area (Å²) in [6, 6.07) is 0. The van der Waals surface area contributed by atoms with Gasteiger partial charge in [0.25, 0.3) is 0 Å². The van der Waals surface area contributed by atoms with Crippen LogP contribution in [0.1, 0.15) is 33.6 Å². The molecule has 0 bridgehead atoms. The second-order valence-electron chi connectivity index (χ2n) is 5.17. The van der Waals surface area contributed by atoms with Crippen LogP contribution in [0.3, 0.4) is 0 Å². The molecule has 0 heterocycles. The maximum absolute atomic E-state index is 11.5. The number of Topliss-reactive ketones (excluding diaryl/α,β-unsaturated/α-hetero) is 1. The van der Waals surface area contributed by atoms with Crippen molar-refractivity contribution in [2.45, 2.75) is 39.2 Å². The predicted molar refractivity (Wildman–Crippen MR) is 56.6 cm³/mol. The molecule has 0 atom stereocenters. The maximum atomic E-state index is 11.5. The van der Waals surface area contributed by atoms with Crippen LogP contribution in [-0.2, 0) is 9.53 Å². The molecule has 15 heavy (non-hydrogen) atoms. The highest BCUT2D eigenvalue weighted by atomic mass is 16.6. The molecule has 1 saturated carbocycles. The second-order valence-corrected chi connectivity index (χ2v) is 5.17. The minimum atomic E-state index is -0.458. The van der Waals surface area contributed by atoms with E-state index < -0.39 is 5.60 Å². The van der Waals surface area contributed by atoms with Crippen molar-refractivity contribution in [1.82, 2.24) is 4.90 Å². The minimum Gasteiger partial charge on any atom is -0.444 e. The van der Waals surface area contributed by atoms with Gasteiger partial charge in [-0.05, 0) is 26.7 Å². The van der Waals surface area contributed by atoms with E-state index in [0.29, 0.717) is 25.3 Å². The summed E-state index contributed by atoms with van der Waals surface area (Å²) in [7, 11) is 1.71. The Labute approximate surface area is 90.6 Å². The van der Waals surface area contributed by atoms with Crippen molar-refractivity contribution >= 4 is 11.9 Å². The summed E-state index contributed by atoms with van der Waals surface area (Å²) in [5.74, 6) is 0.618. The molecule has 4 nitrogen and oxygen atoms in total. The van der Waals surface area contributed by atoms with Crippen molar-refractivity contribution in [1.29, 1.82) is 0 Å². The van der Waals surface area contributed by atoms with Crippen molar-refractivity contribution in [2.24, 2.45) is 5.92 Å². The molecule has 0 N–H and O–H groups in total. The number of rotatable bonds is 2. The van der Waals surface area contributed by atoms with Crippen LogP contribution in [0.5, 0.6) is 0 Å². The van der Waals surface area contributed by atoms with E-state index >= 15 is 0 Å². The number of carbonyl (C=O) groups excluding carboxylic acids is 2. The molecule has 1 fully saturated rings. The second kappa shape index (κ2) is 4.21. The standard InChI is InChI=1S/C11H19NO3/c1-11(2,3)15-10(14)12(4)7-8-5-9(13)6-8/h8H,5-7H2,1-4H3. The number of hydrogen-bond acceptors (Lipinski definition) is 3. The average molecular weight is 213 g/mol. The van der Waals surface area contributed by atoms with Crippen LogP contribution in [0.15, 0.2) is 0 Å². The fourth-order valence-electron chi connectivity index (χ4n) is 1.51. The number of amides is 1. The lowest BCUT2D eigenvalue weighted by molar-refractivity contribution is -0.127. The molecular formula is C11H19NO3.